The predicted molar refractivity (Wildman–Crippen MR) is 119 cm³/mol. The average molecular weight is 400 g/mol. The summed E-state index contributed by atoms with van der Waals surface area (Å²) in [5, 5.41) is 3.99. The van der Waals surface area contributed by atoms with E-state index >= 15 is 0 Å². The maximum absolute atomic E-state index is 13.3. The number of carbonyl (C=O) groups is 1. The summed E-state index contributed by atoms with van der Waals surface area (Å²) in [7, 11) is 0. The number of fused-ring (bicyclic) bond motifs is 2. The summed E-state index contributed by atoms with van der Waals surface area (Å²) in [6, 6.07) is 15.4. The largest absolute Gasteiger partial charge is 0.440 e. The number of anilines is 2. The fourth-order valence-electron chi connectivity index (χ4n) is 3.91. The standard InChI is InChI=1S/C24H24N4O2/c1-15(2)24-27-20-14-17(9-10-21(20)30-24)25-23(29)18-13-16-7-3-4-8-19(16)26-22(18)28-11-5-6-12-28/h3-4,7-10,13-15H,5-6,11-12H2,1-2H3,(H,25,29). The van der Waals surface area contributed by atoms with Gasteiger partial charge < -0.3 is 14.6 Å². The van der Waals surface area contributed by atoms with Gasteiger partial charge in [0.1, 0.15) is 11.3 Å². The Morgan fingerprint density at radius 3 is 2.63 bits per heavy atom. The fraction of sp³-hybridized carbons (Fsp3) is 0.292. The number of nitrogens with zero attached hydrogens (tertiary/aromatic N) is 3. The Morgan fingerprint density at radius 2 is 1.83 bits per heavy atom. The van der Waals surface area contributed by atoms with Gasteiger partial charge >= 0.3 is 0 Å². The monoisotopic (exact) mass is 400 g/mol. The average Bonchev–Trinajstić information content (AvgIpc) is 3.42. The Kier molecular flexibility index (Phi) is 4.62. The molecule has 0 saturated carbocycles. The van der Waals surface area contributed by atoms with Crippen LogP contribution in [0.3, 0.4) is 0 Å². The minimum absolute atomic E-state index is 0.165. The SMILES string of the molecule is CC(C)c1nc2cc(NC(=O)c3cc4ccccc4nc3N3CCCC3)ccc2o1. The van der Waals surface area contributed by atoms with E-state index in [1.165, 1.54) is 0 Å². The Balaban J connectivity index is 1.50. The lowest BCUT2D eigenvalue weighted by molar-refractivity contribution is 0.102. The van der Waals surface area contributed by atoms with E-state index in [2.05, 4.69) is 15.2 Å². The van der Waals surface area contributed by atoms with Crippen LogP contribution in [-0.2, 0) is 0 Å². The molecule has 1 fully saturated rings. The van der Waals surface area contributed by atoms with E-state index in [4.69, 9.17) is 9.40 Å². The lowest BCUT2D eigenvalue weighted by Crippen LogP contribution is -2.24. The number of para-hydroxylation sites is 1. The molecule has 2 aromatic carbocycles. The van der Waals surface area contributed by atoms with E-state index in [1.54, 1.807) is 0 Å². The van der Waals surface area contributed by atoms with Crippen molar-refractivity contribution in [1.29, 1.82) is 0 Å². The van der Waals surface area contributed by atoms with Crippen LogP contribution in [0.25, 0.3) is 22.0 Å². The molecule has 1 N–H and O–H groups in total. The number of carbonyl (C=O) groups excluding carboxylic acids is 1. The zero-order chi connectivity index (χ0) is 20.7. The maximum Gasteiger partial charge on any atom is 0.259 e. The molecule has 0 bridgehead atoms. The van der Waals surface area contributed by atoms with Gasteiger partial charge in [-0.1, -0.05) is 32.0 Å². The van der Waals surface area contributed by atoms with Gasteiger partial charge in [-0.3, -0.25) is 4.79 Å². The van der Waals surface area contributed by atoms with Crippen LogP contribution < -0.4 is 10.2 Å². The number of hydrogen-bond donors (Lipinski definition) is 1. The summed E-state index contributed by atoms with van der Waals surface area (Å²) in [6.07, 6.45) is 2.24. The van der Waals surface area contributed by atoms with Gasteiger partial charge in [0.05, 0.1) is 11.1 Å². The first-order valence-electron chi connectivity index (χ1n) is 10.4. The van der Waals surface area contributed by atoms with Gasteiger partial charge in [-0.25, -0.2) is 9.97 Å². The number of oxazole rings is 1. The number of hydrogen-bond acceptors (Lipinski definition) is 5. The number of amides is 1. The molecule has 2 aromatic heterocycles. The number of pyridine rings is 1. The van der Waals surface area contributed by atoms with Gasteiger partial charge in [0, 0.05) is 30.1 Å². The van der Waals surface area contributed by atoms with Crippen LogP contribution in [0.4, 0.5) is 11.5 Å². The van der Waals surface area contributed by atoms with Gasteiger partial charge in [-0.05, 0) is 43.2 Å². The highest BCUT2D eigenvalue weighted by Gasteiger charge is 2.22. The molecule has 3 heterocycles. The van der Waals surface area contributed by atoms with Gasteiger partial charge in [-0.15, -0.1) is 0 Å². The van der Waals surface area contributed by atoms with Crippen molar-refractivity contribution >= 4 is 39.4 Å². The van der Waals surface area contributed by atoms with Gasteiger partial charge in [0.2, 0.25) is 0 Å². The fourth-order valence-corrected chi connectivity index (χ4v) is 3.91. The van der Waals surface area contributed by atoms with Crippen molar-refractivity contribution < 1.29 is 9.21 Å². The second-order valence-electron chi connectivity index (χ2n) is 8.09. The van der Waals surface area contributed by atoms with E-state index < -0.39 is 0 Å². The molecule has 0 radical (unpaired) electrons. The molecule has 6 nitrogen and oxygen atoms in total. The second kappa shape index (κ2) is 7.44. The molecular formula is C24H24N4O2. The van der Waals surface area contributed by atoms with E-state index in [0.717, 1.165) is 53.8 Å². The molecular weight excluding hydrogens is 376 g/mol. The Bertz CT molecular complexity index is 1240. The molecule has 0 atom stereocenters. The molecule has 4 aromatic rings. The molecule has 0 spiro atoms. The van der Waals surface area contributed by atoms with Crippen LogP contribution in [0.5, 0.6) is 0 Å². The summed E-state index contributed by atoms with van der Waals surface area (Å²) < 4.78 is 5.77. The van der Waals surface area contributed by atoms with Crippen LogP contribution in [0, 0.1) is 0 Å². The first kappa shape index (κ1) is 18.6. The summed E-state index contributed by atoms with van der Waals surface area (Å²) >= 11 is 0. The molecule has 1 amide bonds. The molecule has 6 heteroatoms. The van der Waals surface area contributed by atoms with Crippen LogP contribution in [0.2, 0.25) is 0 Å². The first-order chi connectivity index (χ1) is 14.6. The van der Waals surface area contributed by atoms with Crippen molar-refractivity contribution in [3.05, 3.63) is 60.0 Å². The number of benzene rings is 2. The Morgan fingerprint density at radius 1 is 1.03 bits per heavy atom. The normalized spacial score (nSPS) is 14.2. The van der Waals surface area contributed by atoms with Crippen LogP contribution in [-0.4, -0.2) is 29.0 Å². The smallest absolute Gasteiger partial charge is 0.259 e. The van der Waals surface area contributed by atoms with Gasteiger partial charge in [-0.2, -0.15) is 0 Å². The molecule has 0 aliphatic carbocycles. The van der Waals surface area contributed by atoms with E-state index in [0.29, 0.717) is 17.1 Å². The van der Waals surface area contributed by atoms with Crippen LogP contribution in [0.15, 0.2) is 52.9 Å². The molecule has 0 unspecified atom stereocenters. The first-order valence-corrected chi connectivity index (χ1v) is 10.4. The molecule has 1 aliphatic heterocycles. The third-order valence-electron chi connectivity index (χ3n) is 5.51. The van der Waals surface area contributed by atoms with E-state index in [1.807, 2.05) is 62.4 Å². The molecule has 152 valence electrons. The van der Waals surface area contributed by atoms with Gasteiger partial charge in [0.15, 0.2) is 11.5 Å². The number of rotatable bonds is 4. The molecule has 5 rings (SSSR count). The zero-order valence-electron chi connectivity index (χ0n) is 17.2. The van der Waals surface area contributed by atoms with Crippen LogP contribution >= 0.6 is 0 Å². The van der Waals surface area contributed by atoms with Crippen molar-refractivity contribution in [2.24, 2.45) is 0 Å². The highest BCUT2D eigenvalue weighted by molar-refractivity contribution is 6.10. The number of nitrogens with one attached hydrogen (secondary N) is 1. The summed E-state index contributed by atoms with van der Waals surface area (Å²) in [4.78, 5) is 24.8. The number of aromatic nitrogens is 2. The van der Waals surface area contributed by atoms with Crippen molar-refractivity contribution in [2.75, 3.05) is 23.3 Å². The highest BCUT2D eigenvalue weighted by atomic mass is 16.3. The lowest BCUT2D eigenvalue weighted by Gasteiger charge is -2.20. The topological polar surface area (TPSA) is 71.3 Å². The predicted octanol–water partition coefficient (Wildman–Crippen LogP) is 5.35. The zero-order valence-corrected chi connectivity index (χ0v) is 17.2. The molecule has 30 heavy (non-hydrogen) atoms. The minimum Gasteiger partial charge on any atom is -0.440 e. The third kappa shape index (κ3) is 3.38. The Labute approximate surface area is 174 Å². The van der Waals surface area contributed by atoms with Crippen molar-refractivity contribution in [3.8, 4) is 0 Å². The molecule has 1 saturated heterocycles. The van der Waals surface area contributed by atoms with Crippen molar-refractivity contribution in [2.45, 2.75) is 32.6 Å². The van der Waals surface area contributed by atoms with E-state index in [9.17, 15) is 4.79 Å². The summed E-state index contributed by atoms with van der Waals surface area (Å²) in [5.74, 6) is 1.50. The summed E-state index contributed by atoms with van der Waals surface area (Å²) in [5.41, 5.74) is 3.66. The van der Waals surface area contributed by atoms with Crippen molar-refractivity contribution in [1.82, 2.24) is 9.97 Å². The van der Waals surface area contributed by atoms with Gasteiger partial charge in [0.25, 0.3) is 5.91 Å². The third-order valence-corrected chi connectivity index (χ3v) is 5.51. The summed E-state index contributed by atoms with van der Waals surface area (Å²) in [6.45, 7) is 5.93. The second-order valence-corrected chi connectivity index (χ2v) is 8.09. The minimum atomic E-state index is -0.165. The highest BCUT2D eigenvalue weighted by Crippen LogP contribution is 2.28. The maximum atomic E-state index is 13.3. The quantitative estimate of drug-likeness (QED) is 0.500. The lowest BCUT2D eigenvalue weighted by atomic mass is 10.1. The van der Waals surface area contributed by atoms with E-state index in [-0.39, 0.29) is 11.8 Å². The Hall–Kier alpha value is -3.41. The molecule has 1 aliphatic rings. The van der Waals surface area contributed by atoms with Crippen molar-refractivity contribution in [3.63, 3.8) is 0 Å². The van der Waals surface area contributed by atoms with Crippen LogP contribution in [0.1, 0.15) is 48.9 Å².